The van der Waals surface area contributed by atoms with Crippen LogP contribution in [0.3, 0.4) is 0 Å². The van der Waals surface area contributed by atoms with E-state index in [9.17, 15) is 13.2 Å². The highest BCUT2D eigenvalue weighted by molar-refractivity contribution is 7.92. The lowest BCUT2D eigenvalue weighted by molar-refractivity contribution is -0.121. The number of hydrogen-bond donors (Lipinski definition) is 1. The van der Waals surface area contributed by atoms with Crippen LogP contribution in [0.1, 0.15) is 35.3 Å². The largest absolute Gasteiger partial charge is 0.482 e. The minimum Gasteiger partial charge on any atom is -0.482 e. The monoisotopic (exact) mass is 456 g/mol. The molecule has 0 aliphatic carbocycles. The molecule has 3 aromatic rings. The van der Waals surface area contributed by atoms with Crippen molar-refractivity contribution in [1.82, 2.24) is 10.1 Å². The number of ether oxygens (including phenoxy) is 1. The number of rotatable bonds is 6. The Hall–Kier alpha value is -3.40. The Morgan fingerprint density at radius 1 is 1.09 bits per heavy atom. The van der Waals surface area contributed by atoms with Crippen molar-refractivity contribution < 1.29 is 22.5 Å². The summed E-state index contributed by atoms with van der Waals surface area (Å²) in [4.78, 5) is 18.3. The fourth-order valence-corrected chi connectivity index (χ4v) is 4.96. The van der Waals surface area contributed by atoms with Gasteiger partial charge in [0.2, 0.25) is 5.89 Å². The van der Waals surface area contributed by atoms with E-state index in [4.69, 9.17) is 9.26 Å². The van der Waals surface area contributed by atoms with Gasteiger partial charge in [0, 0.05) is 18.2 Å². The van der Waals surface area contributed by atoms with Crippen LogP contribution in [0.2, 0.25) is 0 Å². The van der Waals surface area contributed by atoms with Gasteiger partial charge in [-0.25, -0.2) is 8.42 Å². The topological polar surface area (TPSA) is 115 Å². The molecule has 1 aliphatic heterocycles. The molecular weight excluding hydrogens is 432 g/mol. The van der Waals surface area contributed by atoms with Crippen molar-refractivity contribution in [3.05, 3.63) is 58.7 Å². The first-order valence-corrected chi connectivity index (χ1v) is 11.6. The summed E-state index contributed by atoms with van der Waals surface area (Å²) in [5.74, 6) is 0.879. The van der Waals surface area contributed by atoms with Crippen LogP contribution in [-0.2, 0) is 27.8 Å². The van der Waals surface area contributed by atoms with E-state index in [1.165, 1.54) is 11.0 Å². The molecule has 0 bridgehead atoms. The summed E-state index contributed by atoms with van der Waals surface area (Å²) >= 11 is 0. The molecule has 0 saturated carbocycles. The van der Waals surface area contributed by atoms with E-state index in [0.717, 1.165) is 11.1 Å². The summed E-state index contributed by atoms with van der Waals surface area (Å²) in [5.41, 5.74) is 3.34. The van der Waals surface area contributed by atoms with Gasteiger partial charge in [0.1, 0.15) is 5.75 Å². The van der Waals surface area contributed by atoms with Crippen LogP contribution < -0.4 is 14.4 Å². The molecule has 32 heavy (non-hydrogen) atoms. The van der Waals surface area contributed by atoms with Crippen molar-refractivity contribution in [1.29, 1.82) is 0 Å². The molecule has 4 rings (SSSR count). The minimum absolute atomic E-state index is 0.0811. The molecule has 1 aliphatic rings. The van der Waals surface area contributed by atoms with Crippen LogP contribution >= 0.6 is 0 Å². The van der Waals surface area contributed by atoms with E-state index in [2.05, 4.69) is 14.9 Å². The Morgan fingerprint density at radius 2 is 1.81 bits per heavy atom. The van der Waals surface area contributed by atoms with Crippen molar-refractivity contribution >= 4 is 27.3 Å². The van der Waals surface area contributed by atoms with Gasteiger partial charge in [-0.1, -0.05) is 18.1 Å². The molecule has 1 N–H and O–H groups in total. The second-order valence-electron chi connectivity index (χ2n) is 7.79. The van der Waals surface area contributed by atoms with Gasteiger partial charge in [-0.05, 0) is 55.7 Å². The Kier molecular flexibility index (Phi) is 5.64. The van der Waals surface area contributed by atoms with Crippen molar-refractivity contribution in [3.63, 3.8) is 0 Å². The number of nitrogens with zero attached hydrogens (tertiary/aromatic N) is 3. The normalized spacial score (nSPS) is 13.6. The number of anilines is 2. The average molecular weight is 457 g/mol. The van der Waals surface area contributed by atoms with Gasteiger partial charge in [-0.15, -0.1) is 0 Å². The standard InChI is InChI=1S/C22H24N4O5S/c1-5-21-23-20(24-31-21)11-26-17-9-15(4)19(10-18(17)30-12-22(26)27)32(28,29)25-16-7-13(2)6-14(3)8-16/h6-10,25H,5,11-12H2,1-4H3. The quantitative estimate of drug-likeness (QED) is 0.605. The Morgan fingerprint density at radius 3 is 2.47 bits per heavy atom. The zero-order valence-electron chi connectivity index (χ0n) is 18.3. The van der Waals surface area contributed by atoms with E-state index in [-0.39, 0.29) is 24.0 Å². The fraction of sp³-hybridized carbons (Fsp3) is 0.318. The van der Waals surface area contributed by atoms with E-state index in [0.29, 0.717) is 40.8 Å². The molecular formula is C22H24N4O5S. The highest BCUT2D eigenvalue weighted by atomic mass is 32.2. The number of amides is 1. The van der Waals surface area contributed by atoms with Crippen LogP contribution in [0.15, 0.2) is 39.8 Å². The minimum atomic E-state index is -3.87. The van der Waals surface area contributed by atoms with Crippen molar-refractivity contribution in [2.75, 3.05) is 16.2 Å². The number of carbonyl (C=O) groups excluding carboxylic acids is 1. The zero-order chi connectivity index (χ0) is 23.0. The molecule has 9 nitrogen and oxygen atoms in total. The number of aryl methyl sites for hydroxylation is 4. The lowest BCUT2D eigenvalue weighted by Crippen LogP contribution is -2.38. The summed E-state index contributed by atoms with van der Waals surface area (Å²) in [6.45, 7) is 7.27. The van der Waals surface area contributed by atoms with Crippen molar-refractivity contribution in [3.8, 4) is 5.75 Å². The van der Waals surface area contributed by atoms with Gasteiger partial charge >= 0.3 is 0 Å². The zero-order valence-corrected chi connectivity index (χ0v) is 19.1. The maximum atomic E-state index is 13.1. The van der Waals surface area contributed by atoms with E-state index >= 15 is 0 Å². The molecule has 168 valence electrons. The number of fused-ring (bicyclic) bond motifs is 1. The van der Waals surface area contributed by atoms with E-state index in [1.807, 2.05) is 26.8 Å². The SMILES string of the molecule is CCc1nc(CN2C(=O)COc3cc(S(=O)(=O)Nc4cc(C)cc(C)c4)c(C)cc32)no1. The van der Waals surface area contributed by atoms with E-state index < -0.39 is 10.0 Å². The second kappa shape index (κ2) is 8.27. The van der Waals surface area contributed by atoms with Crippen LogP contribution in [0.5, 0.6) is 5.75 Å². The first-order valence-electron chi connectivity index (χ1n) is 10.2. The summed E-state index contributed by atoms with van der Waals surface area (Å²) in [6.07, 6.45) is 0.592. The van der Waals surface area contributed by atoms with Gasteiger partial charge in [0.05, 0.1) is 17.1 Å². The predicted molar refractivity (Wildman–Crippen MR) is 118 cm³/mol. The van der Waals surface area contributed by atoms with E-state index in [1.54, 1.807) is 25.1 Å². The number of carbonyl (C=O) groups is 1. The van der Waals surface area contributed by atoms with Gasteiger partial charge < -0.3 is 9.26 Å². The highest BCUT2D eigenvalue weighted by Crippen LogP contribution is 2.37. The number of aromatic nitrogens is 2. The third-order valence-electron chi connectivity index (χ3n) is 5.08. The molecule has 0 radical (unpaired) electrons. The van der Waals surface area contributed by atoms with Gasteiger partial charge in [-0.3, -0.25) is 14.4 Å². The second-order valence-corrected chi connectivity index (χ2v) is 9.44. The molecule has 1 amide bonds. The van der Waals surface area contributed by atoms with Crippen LogP contribution in [0, 0.1) is 20.8 Å². The Labute approximate surface area is 186 Å². The summed E-state index contributed by atoms with van der Waals surface area (Å²) in [7, 11) is -3.87. The lowest BCUT2D eigenvalue weighted by Gasteiger charge is -2.29. The Bertz CT molecular complexity index is 1280. The average Bonchev–Trinajstić information content (AvgIpc) is 3.16. The molecule has 0 atom stereocenters. The first kappa shape index (κ1) is 21.8. The maximum absolute atomic E-state index is 13.1. The molecule has 2 heterocycles. The maximum Gasteiger partial charge on any atom is 0.265 e. The smallest absolute Gasteiger partial charge is 0.265 e. The third kappa shape index (κ3) is 4.31. The predicted octanol–water partition coefficient (Wildman–Crippen LogP) is 3.28. The molecule has 10 heteroatoms. The number of nitrogens with one attached hydrogen (secondary N) is 1. The number of sulfonamides is 1. The molecule has 0 fully saturated rings. The molecule has 1 aromatic heterocycles. The highest BCUT2D eigenvalue weighted by Gasteiger charge is 2.30. The summed E-state index contributed by atoms with van der Waals surface area (Å²) in [6, 6.07) is 8.58. The fourth-order valence-electron chi connectivity index (χ4n) is 3.68. The van der Waals surface area contributed by atoms with Crippen molar-refractivity contribution in [2.24, 2.45) is 0 Å². The first-order chi connectivity index (χ1) is 15.2. The van der Waals surface area contributed by atoms with Crippen LogP contribution in [-0.4, -0.2) is 31.1 Å². The molecule has 2 aromatic carbocycles. The van der Waals surface area contributed by atoms with Crippen molar-refractivity contribution in [2.45, 2.75) is 45.6 Å². The molecule has 0 spiro atoms. The van der Waals surface area contributed by atoms with Crippen LogP contribution in [0.4, 0.5) is 11.4 Å². The molecule has 0 unspecified atom stereocenters. The number of benzene rings is 2. The Balaban J connectivity index is 1.67. The van der Waals surface area contributed by atoms with Gasteiger partial charge in [0.15, 0.2) is 12.4 Å². The van der Waals surface area contributed by atoms with Gasteiger partial charge in [0.25, 0.3) is 15.9 Å². The number of hydrogen-bond acceptors (Lipinski definition) is 7. The third-order valence-corrected chi connectivity index (χ3v) is 6.60. The van der Waals surface area contributed by atoms with Crippen LogP contribution in [0.25, 0.3) is 0 Å². The summed E-state index contributed by atoms with van der Waals surface area (Å²) in [5, 5.41) is 3.90. The van der Waals surface area contributed by atoms with Gasteiger partial charge in [-0.2, -0.15) is 4.98 Å². The lowest BCUT2D eigenvalue weighted by atomic mass is 10.1. The molecule has 0 saturated heterocycles. The summed E-state index contributed by atoms with van der Waals surface area (Å²) < 4.78 is 39.6.